The highest BCUT2D eigenvalue weighted by Gasteiger charge is 2.37. The molecule has 31 heavy (non-hydrogen) atoms. The topological polar surface area (TPSA) is 9.23 Å². The third kappa shape index (κ3) is 6.77. The van der Waals surface area contributed by atoms with E-state index in [2.05, 4.69) is 124 Å². The minimum Gasteiger partial charge on any atom is -0.401 e. The van der Waals surface area contributed by atoms with Crippen LogP contribution >= 0.6 is 0 Å². The van der Waals surface area contributed by atoms with Crippen molar-refractivity contribution in [2.75, 3.05) is 0 Å². The number of rotatable bonds is 10. The fraction of sp³-hybridized carbons (Fsp3) is 0.357. The van der Waals surface area contributed by atoms with Gasteiger partial charge in [-0.05, 0) is 34.8 Å². The van der Waals surface area contributed by atoms with E-state index in [9.17, 15) is 0 Å². The fourth-order valence-corrected chi connectivity index (χ4v) is 8.61. The van der Waals surface area contributed by atoms with E-state index in [0.717, 1.165) is 6.42 Å². The molecule has 2 atom stereocenters. The fourth-order valence-electron chi connectivity index (χ4n) is 4.18. The number of hydrogen-bond donors (Lipinski definition) is 0. The standard InChI is InChI=1S/C28H38OSi2/c1-24(21-22-30(2,3)4)23-28(25-15-9-6-10-16-25)29-31(5,26-17-11-7-12-18-26)27-19-13-8-14-20-27/h6-20,24,28H,21-23H2,1-5H3/t24-,28+/m0/s1. The minimum atomic E-state index is -2.37. The van der Waals surface area contributed by atoms with Gasteiger partial charge in [0.1, 0.15) is 0 Å². The van der Waals surface area contributed by atoms with Gasteiger partial charge >= 0.3 is 0 Å². The van der Waals surface area contributed by atoms with Gasteiger partial charge in [-0.3, -0.25) is 0 Å². The van der Waals surface area contributed by atoms with Crippen LogP contribution in [0.25, 0.3) is 0 Å². The molecular formula is C28H38OSi2. The van der Waals surface area contributed by atoms with Gasteiger partial charge in [0.05, 0.1) is 6.10 Å². The van der Waals surface area contributed by atoms with Gasteiger partial charge in [-0.2, -0.15) is 0 Å². The van der Waals surface area contributed by atoms with Gasteiger partial charge in [0, 0.05) is 8.07 Å². The molecular weight excluding hydrogens is 408 g/mol. The summed E-state index contributed by atoms with van der Waals surface area (Å²) in [5.74, 6) is 0.640. The van der Waals surface area contributed by atoms with E-state index in [4.69, 9.17) is 4.43 Å². The predicted molar refractivity (Wildman–Crippen MR) is 141 cm³/mol. The summed E-state index contributed by atoms with van der Waals surface area (Å²) in [7, 11) is -3.40. The molecule has 0 aliphatic rings. The molecule has 3 rings (SSSR count). The average molecular weight is 447 g/mol. The minimum absolute atomic E-state index is 0.106. The van der Waals surface area contributed by atoms with Gasteiger partial charge in [-0.25, -0.2) is 0 Å². The van der Waals surface area contributed by atoms with Crippen molar-refractivity contribution >= 4 is 26.8 Å². The van der Waals surface area contributed by atoms with E-state index in [-0.39, 0.29) is 6.10 Å². The van der Waals surface area contributed by atoms with Crippen molar-refractivity contribution in [1.82, 2.24) is 0 Å². The molecule has 1 nitrogen and oxygen atoms in total. The zero-order valence-electron chi connectivity index (χ0n) is 19.8. The van der Waals surface area contributed by atoms with Crippen molar-refractivity contribution in [1.29, 1.82) is 0 Å². The Balaban J connectivity index is 1.93. The summed E-state index contributed by atoms with van der Waals surface area (Å²) in [6.07, 6.45) is 2.46. The molecule has 0 fully saturated rings. The number of hydrogen-bond acceptors (Lipinski definition) is 1. The molecule has 0 radical (unpaired) electrons. The second-order valence-corrected chi connectivity index (χ2v) is 19.3. The second-order valence-electron chi connectivity index (χ2n) is 10.2. The second kappa shape index (κ2) is 10.6. The van der Waals surface area contributed by atoms with Crippen LogP contribution in [-0.4, -0.2) is 16.4 Å². The van der Waals surface area contributed by atoms with Crippen LogP contribution in [-0.2, 0) is 4.43 Å². The predicted octanol–water partition coefficient (Wildman–Crippen LogP) is 6.89. The quantitative estimate of drug-likeness (QED) is 0.308. The van der Waals surface area contributed by atoms with E-state index in [1.165, 1.54) is 28.4 Å². The van der Waals surface area contributed by atoms with Crippen LogP contribution in [0.1, 0.15) is 31.4 Å². The van der Waals surface area contributed by atoms with Crippen LogP contribution in [0.15, 0.2) is 91.0 Å². The summed E-state index contributed by atoms with van der Waals surface area (Å²) >= 11 is 0. The maximum atomic E-state index is 7.25. The molecule has 3 heteroatoms. The Morgan fingerprint density at radius 2 is 1.13 bits per heavy atom. The Kier molecular flexibility index (Phi) is 8.09. The highest BCUT2D eigenvalue weighted by Crippen LogP contribution is 2.31. The molecule has 0 aliphatic heterocycles. The summed E-state index contributed by atoms with van der Waals surface area (Å²) in [5, 5.41) is 2.66. The third-order valence-electron chi connectivity index (χ3n) is 6.20. The van der Waals surface area contributed by atoms with Crippen LogP contribution < -0.4 is 10.4 Å². The molecule has 164 valence electrons. The molecule has 0 amide bonds. The van der Waals surface area contributed by atoms with Crippen LogP contribution in [0.3, 0.4) is 0 Å². The molecule has 3 aromatic carbocycles. The van der Waals surface area contributed by atoms with Gasteiger partial charge in [-0.15, -0.1) is 0 Å². The Morgan fingerprint density at radius 1 is 0.677 bits per heavy atom. The van der Waals surface area contributed by atoms with Crippen LogP contribution in [0.5, 0.6) is 0 Å². The summed E-state index contributed by atoms with van der Waals surface area (Å²) in [6, 6.07) is 34.0. The van der Waals surface area contributed by atoms with E-state index < -0.39 is 16.4 Å². The Labute approximate surface area is 191 Å². The maximum Gasteiger partial charge on any atom is 0.253 e. The van der Waals surface area contributed by atoms with Crippen molar-refractivity contribution in [3.05, 3.63) is 96.6 Å². The molecule has 0 saturated carbocycles. The lowest BCUT2D eigenvalue weighted by atomic mass is 9.96. The zero-order valence-corrected chi connectivity index (χ0v) is 21.8. The monoisotopic (exact) mass is 446 g/mol. The zero-order chi connectivity index (χ0) is 22.3. The normalized spacial score (nSPS) is 14.2. The summed E-state index contributed by atoms with van der Waals surface area (Å²) in [4.78, 5) is 0. The molecule has 0 aromatic heterocycles. The molecule has 0 unspecified atom stereocenters. The highest BCUT2D eigenvalue weighted by molar-refractivity contribution is 6.96. The molecule has 0 N–H and O–H groups in total. The maximum absolute atomic E-state index is 7.25. The van der Waals surface area contributed by atoms with Crippen molar-refractivity contribution in [2.24, 2.45) is 5.92 Å². The average Bonchev–Trinajstić information content (AvgIpc) is 2.78. The van der Waals surface area contributed by atoms with Crippen molar-refractivity contribution in [3.63, 3.8) is 0 Å². The van der Waals surface area contributed by atoms with E-state index in [1.54, 1.807) is 0 Å². The smallest absolute Gasteiger partial charge is 0.253 e. The summed E-state index contributed by atoms with van der Waals surface area (Å²) < 4.78 is 7.25. The van der Waals surface area contributed by atoms with Crippen molar-refractivity contribution in [3.8, 4) is 0 Å². The SMILES string of the molecule is C[C@@H](CC[Si](C)(C)C)C[C@@H](O[Si](C)(c1ccccc1)c1ccccc1)c1ccccc1. The van der Waals surface area contributed by atoms with Gasteiger partial charge in [-0.1, -0.05) is 130 Å². The first-order valence-corrected chi connectivity index (χ1v) is 17.7. The van der Waals surface area contributed by atoms with Gasteiger partial charge < -0.3 is 4.43 Å². The van der Waals surface area contributed by atoms with E-state index in [0.29, 0.717) is 5.92 Å². The molecule has 0 saturated heterocycles. The first kappa shape index (κ1) is 23.7. The summed E-state index contributed by atoms with van der Waals surface area (Å²) in [6.45, 7) is 12.2. The Morgan fingerprint density at radius 3 is 1.58 bits per heavy atom. The number of benzene rings is 3. The lowest BCUT2D eigenvalue weighted by Crippen LogP contribution is -2.58. The Hall–Kier alpha value is -1.95. The van der Waals surface area contributed by atoms with Gasteiger partial charge in [0.15, 0.2) is 0 Å². The first-order valence-electron chi connectivity index (χ1n) is 11.6. The van der Waals surface area contributed by atoms with Gasteiger partial charge in [0.2, 0.25) is 0 Å². The van der Waals surface area contributed by atoms with Crippen LogP contribution in [0, 0.1) is 5.92 Å². The van der Waals surface area contributed by atoms with Gasteiger partial charge in [0.25, 0.3) is 8.32 Å². The van der Waals surface area contributed by atoms with E-state index >= 15 is 0 Å². The third-order valence-corrected chi connectivity index (χ3v) is 11.6. The van der Waals surface area contributed by atoms with Crippen molar-refractivity contribution in [2.45, 2.75) is 58.1 Å². The largest absolute Gasteiger partial charge is 0.401 e. The lowest BCUT2D eigenvalue weighted by Gasteiger charge is -2.35. The first-order chi connectivity index (χ1) is 14.8. The van der Waals surface area contributed by atoms with E-state index in [1.807, 2.05) is 0 Å². The molecule has 0 heterocycles. The van der Waals surface area contributed by atoms with Crippen molar-refractivity contribution < 1.29 is 4.43 Å². The molecule has 0 bridgehead atoms. The summed E-state index contributed by atoms with van der Waals surface area (Å²) in [5.41, 5.74) is 1.30. The van der Waals surface area contributed by atoms with Crippen LogP contribution in [0.4, 0.5) is 0 Å². The molecule has 3 aromatic rings. The molecule has 0 aliphatic carbocycles. The lowest BCUT2D eigenvalue weighted by molar-refractivity contribution is 0.170. The highest BCUT2D eigenvalue weighted by atomic mass is 28.4. The van der Waals surface area contributed by atoms with Crippen LogP contribution in [0.2, 0.25) is 32.2 Å². The Bertz CT molecular complexity index is 865. The molecule has 0 spiro atoms.